The number of rotatable bonds is 4. The summed E-state index contributed by atoms with van der Waals surface area (Å²) >= 11 is 0. The monoisotopic (exact) mass is 289 g/mol. The summed E-state index contributed by atoms with van der Waals surface area (Å²) in [6.07, 6.45) is 4.52. The van der Waals surface area contributed by atoms with Crippen molar-refractivity contribution in [3.8, 4) is 0 Å². The Hall–Kier alpha value is -1.71. The predicted molar refractivity (Wildman–Crippen MR) is 88.9 cm³/mol. The number of likely N-dealkylation sites (tertiary alicyclic amines) is 1. The van der Waals surface area contributed by atoms with Crippen LogP contribution in [-0.2, 0) is 0 Å². The summed E-state index contributed by atoms with van der Waals surface area (Å²) < 4.78 is 0. The molecule has 4 nitrogen and oxygen atoms in total. The Morgan fingerprint density at radius 1 is 1.29 bits per heavy atom. The van der Waals surface area contributed by atoms with E-state index in [9.17, 15) is 4.79 Å². The topological polar surface area (TPSA) is 49.6 Å². The Morgan fingerprint density at radius 2 is 1.95 bits per heavy atom. The average molecular weight is 289 g/mol. The molecule has 1 aliphatic rings. The lowest BCUT2D eigenvalue weighted by molar-refractivity contribution is 0.0724. The second kappa shape index (κ2) is 6.83. The fourth-order valence-electron chi connectivity index (χ4n) is 3.18. The van der Waals surface area contributed by atoms with E-state index in [1.54, 1.807) is 0 Å². The van der Waals surface area contributed by atoms with Gasteiger partial charge in [-0.25, -0.2) is 0 Å². The Bertz CT molecular complexity index is 484. The minimum atomic E-state index is 0.120. The van der Waals surface area contributed by atoms with Crippen LogP contribution in [0.25, 0.3) is 0 Å². The lowest BCUT2D eigenvalue weighted by atomic mass is 10.0. The molecular weight excluding hydrogens is 262 g/mol. The number of nitrogens with two attached hydrogens (primary N) is 1. The molecule has 2 rings (SSSR count). The minimum absolute atomic E-state index is 0.120. The maximum absolute atomic E-state index is 12.6. The highest BCUT2D eigenvalue weighted by molar-refractivity contribution is 5.97. The fourth-order valence-corrected chi connectivity index (χ4v) is 3.18. The first-order valence-corrected chi connectivity index (χ1v) is 7.95. The van der Waals surface area contributed by atoms with Gasteiger partial charge in [-0.1, -0.05) is 6.92 Å². The SMILES string of the molecule is CCCN(C)c1c(C)cc(C(=O)N2CCCCC2)cc1N. The van der Waals surface area contributed by atoms with Gasteiger partial charge in [0.1, 0.15) is 0 Å². The second-order valence-electron chi connectivity index (χ2n) is 6.01. The molecule has 1 heterocycles. The summed E-state index contributed by atoms with van der Waals surface area (Å²) in [5, 5.41) is 0. The summed E-state index contributed by atoms with van der Waals surface area (Å²) in [5.41, 5.74) is 9.75. The Balaban J connectivity index is 2.24. The van der Waals surface area contributed by atoms with Crippen LogP contribution in [0.3, 0.4) is 0 Å². The molecule has 1 aromatic carbocycles. The standard InChI is InChI=1S/C17H27N3O/c1-4-8-19(3)16-13(2)11-14(12-15(16)18)17(21)20-9-6-5-7-10-20/h11-12H,4-10,18H2,1-3H3. The zero-order valence-electron chi connectivity index (χ0n) is 13.5. The molecule has 0 spiro atoms. The molecule has 0 aromatic heterocycles. The van der Waals surface area contributed by atoms with Crippen molar-refractivity contribution in [2.45, 2.75) is 39.5 Å². The van der Waals surface area contributed by atoms with Gasteiger partial charge < -0.3 is 15.5 Å². The molecule has 2 N–H and O–H groups in total. The molecule has 0 unspecified atom stereocenters. The van der Waals surface area contributed by atoms with Gasteiger partial charge in [0.25, 0.3) is 5.91 Å². The molecule has 4 heteroatoms. The summed E-state index contributed by atoms with van der Waals surface area (Å²) in [7, 11) is 2.05. The molecular formula is C17H27N3O. The summed E-state index contributed by atoms with van der Waals surface area (Å²) in [6, 6.07) is 3.82. The van der Waals surface area contributed by atoms with Crippen LogP contribution in [0.15, 0.2) is 12.1 Å². The number of amides is 1. The first-order chi connectivity index (χ1) is 10.0. The molecule has 116 valence electrons. The molecule has 0 aliphatic carbocycles. The van der Waals surface area contributed by atoms with Crippen LogP contribution in [0.2, 0.25) is 0 Å². The molecule has 1 amide bonds. The van der Waals surface area contributed by atoms with Crippen LogP contribution >= 0.6 is 0 Å². The van der Waals surface area contributed by atoms with Crippen molar-refractivity contribution in [2.75, 3.05) is 37.3 Å². The van der Waals surface area contributed by atoms with Crippen molar-refractivity contribution in [3.05, 3.63) is 23.3 Å². The maximum Gasteiger partial charge on any atom is 0.253 e. The molecule has 21 heavy (non-hydrogen) atoms. The third-order valence-corrected chi connectivity index (χ3v) is 4.16. The zero-order valence-corrected chi connectivity index (χ0v) is 13.5. The van der Waals surface area contributed by atoms with Crippen LogP contribution in [0, 0.1) is 6.92 Å². The van der Waals surface area contributed by atoms with E-state index in [1.807, 2.05) is 31.0 Å². The van der Waals surface area contributed by atoms with Crippen LogP contribution in [0.1, 0.15) is 48.5 Å². The maximum atomic E-state index is 12.6. The van der Waals surface area contributed by atoms with Crippen LogP contribution in [0.5, 0.6) is 0 Å². The summed E-state index contributed by atoms with van der Waals surface area (Å²) in [5.74, 6) is 0.120. The molecule has 1 aliphatic heterocycles. The largest absolute Gasteiger partial charge is 0.397 e. The van der Waals surface area contributed by atoms with E-state index in [-0.39, 0.29) is 5.91 Å². The molecule has 1 aromatic rings. The van der Waals surface area contributed by atoms with E-state index < -0.39 is 0 Å². The third-order valence-electron chi connectivity index (χ3n) is 4.16. The van der Waals surface area contributed by atoms with E-state index in [4.69, 9.17) is 5.73 Å². The number of carbonyl (C=O) groups is 1. The normalized spacial score (nSPS) is 15.1. The van der Waals surface area contributed by atoms with E-state index >= 15 is 0 Å². The highest BCUT2D eigenvalue weighted by Crippen LogP contribution is 2.29. The molecule has 0 atom stereocenters. The number of nitrogens with zero attached hydrogens (tertiary/aromatic N) is 2. The van der Waals surface area contributed by atoms with Gasteiger partial charge in [0, 0.05) is 32.2 Å². The molecule has 0 bridgehead atoms. The van der Waals surface area contributed by atoms with Crippen molar-refractivity contribution in [1.29, 1.82) is 0 Å². The van der Waals surface area contributed by atoms with Crippen LogP contribution < -0.4 is 10.6 Å². The highest BCUT2D eigenvalue weighted by Gasteiger charge is 2.20. The molecule has 0 saturated carbocycles. The Labute approximate surface area is 127 Å². The van der Waals surface area contributed by atoms with Crippen molar-refractivity contribution >= 4 is 17.3 Å². The number of benzene rings is 1. The van der Waals surface area contributed by atoms with Gasteiger partial charge in [-0.05, 0) is 50.3 Å². The smallest absolute Gasteiger partial charge is 0.253 e. The Morgan fingerprint density at radius 3 is 2.52 bits per heavy atom. The van der Waals surface area contributed by atoms with Gasteiger partial charge in [0.15, 0.2) is 0 Å². The summed E-state index contributed by atoms with van der Waals surface area (Å²) in [4.78, 5) is 16.7. The van der Waals surface area contributed by atoms with Crippen LogP contribution in [-0.4, -0.2) is 37.5 Å². The first-order valence-electron chi connectivity index (χ1n) is 7.95. The number of aryl methyl sites for hydroxylation is 1. The van der Waals surface area contributed by atoms with Crippen molar-refractivity contribution in [1.82, 2.24) is 4.90 Å². The van der Waals surface area contributed by atoms with Gasteiger partial charge in [-0.15, -0.1) is 0 Å². The molecule has 1 saturated heterocycles. The Kier molecular flexibility index (Phi) is 5.10. The second-order valence-corrected chi connectivity index (χ2v) is 6.01. The molecule has 1 fully saturated rings. The number of hydrogen-bond acceptors (Lipinski definition) is 3. The third kappa shape index (κ3) is 3.49. The number of anilines is 2. The quantitative estimate of drug-likeness (QED) is 0.867. The van der Waals surface area contributed by atoms with Crippen molar-refractivity contribution in [2.24, 2.45) is 0 Å². The predicted octanol–water partition coefficient (Wildman–Crippen LogP) is 3.05. The molecule has 0 radical (unpaired) electrons. The fraction of sp³-hybridized carbons (Fsp3) is 0.588. The lowest BCUT2D eigenvalue weighted by Gasteiger charge is -2.28. The van der Waals surface area contributed by atoms with E-state index in [2.05, 4.69) is 11.8 Å². The van der Waals surface area contributed by atoms with Gasteiger partial charge in [-0.2, -0.15) is 0 Å². The van der Waals surface area contributed by atoms with Crippen molar-refractivity contribution < 1.29 is 4.79 Å². The van der Waals surface area contributed by atoms with E-state index in [0.29, 0.717) is 5.69 Å². The van der Waals surface area contributed by atoms with Gasteiger partial charge in [0.2, 0.25) is 0 Å². The lowest BCUT2D eigenvalue weighted by Crippen LogP contribution is -2.35. The number of carbonyl (C=O) groups excluding carboxylic acids is 1. The van der Waals surface area contributed by atoms with Gasteiger partial charge in [-0.3, -0.25) is 4.79 Å². The van der Waals surface area contributed by atoms with Crippen LogP contribution in [0.4, 0.5) is 11.4 Å². The minimum Gasteiger partial charge on any atom is -0.397 e. The van der Waals surface area contributed by atoms with Gasteiger partial charge >= 0.3 is 0 Å². The van der Waals surface area contributed by atoms with E-state index in [1.165, 1.54) is 6.42 Å². The first kappa shape index (κ1) is 15.7. The summed E-state index contributed by atoms with van der Waals surface area (Å²) in [6.45, 7) is 6.89. The number of nitrogen functional groups attached to an aromatic ring is 1. The van der Waals surface area contributed by atoms with Gasteiger partial charge in [0.05, 0.1) is 11.4 Å². The van der Waals surface area contributed by atoms with E-state index in [0.717, 1.165) is 55.7 Å². The average Bonchev–Trinajstić information content (AvgIpc) is 2.47. The number of hydrogen-bond donors (Lipinski definition) is 1. The number of piperidine rings is 1. The highest BCUT2D eigenvalue weighted by atomic mass is 16.2. The van der Waals surface area contributed by atoms with Crippen molar-refractivity contribution in [3.63, 3.8) is 0 Å². The zero-order chi connectivity index (χ0) is 15.4.